The number of rotatable bonds is 3. The third kappa shape index (κ3) is 5.91. The fourth-order valence-electron chi connectivity index (χ4n) is 1.71. The lowest BCUT2D eigenvalue weighted by Gasteiger charge is -2.05. The first-order valence-corrected chi connectivity index (χ1v) is 6.84. The molecule has 0 unspecified atom stereocenters. The summed E-state index contributed by atoms with van der Waals surface area (Å²) in [5, 5.41) is 5.99. The number of aromatic nitrogens is 3. The van der Waals surface area contributed by atoms with E-state index in [1.165, 1.54) is 23.8 Å². The van der Waals surface area contributed by atoms with E-state index in [9.17, 15) is 0 Å². The highest BCUT2D eigenvalue weighted by molar-refractivity contribution is 5.26. The molecule has 1 aromatic carbocycles. The molecule has 2 aromatic rings. The summed E-state index contributed by atoms with van der Waals surface area (Å²) in [5.41, 5.74) is 2.55. The van der Waals surface area contributed by atoms with Crippen LogP contribution in [0, 0.1) is 0 Å². The molecule has 1 heterocycles. The van der Waals surface area contributed by atoms with Gasteiger partial charge in [0.15, 0.2) is 0 Å². The van der Waals surface area contributed by atoms with E-state index >= 15 is 0 Å². The molecule has 0 bridgehead atoms. The minimum atomic E-state index is 0.629. The summed E-state index contributed by atoms with van der Waals surface area (Å²) in [6.45, 7) is 2.75. The molecule has 0 amide bonds. The van der Waals surface area contributed by atoms with Gasteiger partial charge in [-0.2, -0.15) is 5.10 Å². The van der Waals surface area contributed by atoms with Crippen LogP contribution in [0.4, 0.5) is 0 Å². The Morgan fingerprint density at radius 3 is 2.71 bits per heavy atom. The second kappa shape index (κ2) is 8.53. The van der Waals surface area contributed by atoms with E-state index in [0.717, 1.165) is 12.2 Å². The van der Waals surface area contributed by atoms with Crippen LogP contribution >= 0.6 is 0 Å². The molecule has 1 aliphatic carbocycles. The minimum absolute atomic E-state index is 0.629. The first-order valence-electron chi connectivity index (χ1n) is 6.84. The zero-order valence-electron chi connectivity index (χ0n) is 12.1. The van der Waals surface area contributed by atoms with Gasteiger partial charge in [-0.15, -0.1) is 0 Å². The van der Waals surface area contributed by atoms with Crippen molar-refractivity contribution in [1.29, 1.82) is 0 Å². The molecular weight excluding hydrogens is 262 g/mol. The van der Waals surface area contributed by atoms with Gasteiger partial charge in [-0.25, -0.2) is 4.98 Å². The van der Waals surface area contributed by atoms with Crippen LogP contribution in [-0.4, -0.2) is 15.2 Å². The average Bonchev–Trinajstić information content (AvgIpc) is 3.03. The standard InChI is InChI=1S/C15H16O.C2H3N3/c1-13-6-5-9-15(11-10-13)16-12-14-7-3-2-4-8-14;1-3-2-5-4-1/h2-5,7-11H,6,12H2,1H3;1-2H,(H,3,4,5). The molecule has 0 atom stereocenters. The first-order chi connectivity index (χ1) is 10.3. The minimum Gasteiger partial charge on any atom is -0.489 e. The number of nitrogens with zero attached hydrogens (tertiary/aromatic N) is 2. The van der Waals surface area contributed by atoms with Crippen molar-refractivity contribution >= 4 is 0 Å². The van der Waals surface area contributed by atoms with Gasteiger partial charge < -0.3 is 4.74 Å². The monoisotopic (exact) mass is 281 g/mol. The van der Waals surface area contributed by atoms with Crippen molar-refractivity contribution in [1.82, 2.24) is 15.2 Å². The maximum Gasteiger partial charge on any atom is 0.137 e. The molecule has 0 aliphatic heterocycles. The number of aromatic amines is 1. The first kappa shape index (κ1) is 14.8. The Kier molecular flexibility index (Phi) is 6.00. The second-order valence-corrected chi connectivity index (χ2v) is 4.61. The zero-order chi connectivity index (χ0) is 14.8. The van der Waals surface area contributed by atoms with Crippen LogP contribution in [0.2, 0.25) is 0 Å². The topological polar surface area (TPSA) is 50.8 Å². The molecule has 0 fully saturated rings. The van der Waals surface area contributed by atoms with E-state index in [2.05, 4.69) is 46.4 Å². The lowest BCUT2D eigenvalue weighted by molar-refractivity contribution is 0.211. The Bertz CT molecular complexity index is 581. The molecule has 4 heteroatoms. The van der Waals surface area contributed by atoms with Crippen LogP contribution in [0.1, 0.15) is 18.9 Å². The Labute approximate surface area is 124 Å². The fourth-order valence-corrected chi connectivity index (χ4v) is 1.71. The number of hydrogen-bond acceptors (Lipinski definition) is 3. The molecule has 1 aliphatic rings. The summed E-state index contributed by atoms with van der Waals surface area (Å²) in [6.07, 6.45) is 12.3. The number of allylic oxidation sites excluding steroid dienone is 5. The van der Waals surface area contributed by atoms with Crippen molar-refractivity contribution in [2.24, 2.45) is 0 Å². The highest BCUT2D eigenvalue weighted by Crippen LogP contribution is 2.13. The van der Waals surface area contributed by atoms with Gasteiger partial charge in [0.25, 0.3) is 0 Å². The smallest absolute Gasteiger partial charge is 0.137 e. The van der Waals surface area contributed by atoms with E-state index in [-0.39, 0.29) is 0 Å². The number of ether oxygens (including phenoxy) is 1. The largest absolute Gasteiger partial charge is 0.489 e. The van der Waals surface area contributed by atoms with E-state index in [1.54, 1.807) is 0 Å². The highest BCUT2D eigenvalue weighted by atomic mass is 16.5. The summed E-state index contributed by atoms with van der Waals surface area (Å²) in [7, 11) is 0. The molecule has 0 radical (unpaired) electrons. The number of nitrogens with one attached hydrogen (secondary N) is 1. The van der Waals surface area contributed by atoms with Crippen molar-refractivity contribution in [3.8, 4) is 0 Å². The number of benzene rings is 1. The van der Waals surface area contributed by atoms with Gasteiger partial charge in [0, 0.05) is 0 Å². The average molecular weight is 281 g/mol. The van der Waals surface area contributed by atoms with Crippen molar-refractivity contribution in [2.45, 2.75) is 20.0 Å². The second-order valence-electron chi connectivity index (χ2n) is 4.61. The molecule has 0 spiro atoms. The summed E-state index contributed by atoms with van der Waals surface area (Å²) < 4.78 is 5.73. The van der Waals surface area contributed by atoms with Gasteiger partial charge in [0.1, 0.15) is 25.0 Å². The molecule has 4 nitrogen and oxygen atoms in total. The van der Waals surface area contributed by atoms with E-state index < -0.39 is 0 Å². The maximum atomic E-state index is 5.73. The van der Waals surface area contributed by atoms with Crippen LogP contribution in [-0.2, 0) is 11.3 Å². The highest BCUT2D eigenvalue weighted by Gasteiger charge is 1.97. The molecule has 0 saturated carbocycles. The fraction of sp³-hybridized carbons (Fsp3) is 0.176. The van der Waals surface area contributed by atoms with E-state index in [4.69, 9.17) is 4.74 Å². The van der Waals surface area contributed by atoms with Crippen LogP contribution in [0.5, 0.6) is 0 Å². The maximum absolute atomic E-state index is 5.73. The quantitative estimate of drug-likeness (QED) is 0.931. The molecule has 21 heavy (non-hydrogen) atoms. The molecule has 3 rings (SSSR count). The third-order valence-corrected chi connectivity index (χ3v) is 2.83. The van der Waals surface area contributed by atoms with Gasteiger partial charge in [-0.05, 0) is 31.1 Å². The summed E-state index contributed by atoms with van der Waals surface area (Å²) in [5.74, 6) is 0.931. The number of hydrogen-bond donors (Lipinski definition) is 1. The molecule has 0 saturated heterocycles. The van der Waals surface area contributed by atoms with Crippen LogP contribution < -0.4 is 0 Å². The SMILES string of the molecule is CC1=CC=C(OCc2ccccc2)C=CC1.c1nc[nH]n1. The molecule has 108 valence electrons. The van der Waals surface area contributed by atoms with Gasteiger partial charge in [0.2, 0.25) is 0 Å². The van der Waals surface area contributed by atoms with Crippen molar-refractivity contribution in [3.63, 3.8) is 0 Å². The summed E-state index contributed by atoms with van der Waals surface area (Å²) >= 11 is 0. The zero-order valence-corrected chi connectivity index (χ0v) is 12.1. The van der Waals surface area contributed by atoms with Crippen molar-refractivity contribution < 1.29 is 4.74 Å². The van der Waals surface area contributed by atoms with Crippen LogP contribution in [0.3, 0.4) is 0 Å². The van der Waals surface area contributed by atoms with Crippen LogP contribution in [0.25, 0.3) is 0 Å². The normalized spacial score (nSPS) is 13.4. The Hall–Kier alpha value is -2.62. The van der Waals surface area contributed by atoms with Gasteiger partial charge >= 0.3 is 0 Å². The third-order valence-electron chi connectivity index (χ3n) is 2.83. The van der Waals surface area contributed by atoms with Crippen LogP contribution in [0.15, 0.2) is 78.6 Å². The van der Waals surface area contributed by atoms with E-state index in [0.29, 0.717) is 6.61 Å². The Morgan fingerprint density at radius 2 is 2.05 bits per heavy atom. The lowest BCUT2D eigenvalue weighted by Crippen LogP contribution is -1.90. The molecule has 1 N–H and O–H groups in total. The predicted octanol–water partition coefficient (Wildman–Crippen LogP) is 3.80. The van der Waals surface area contributed by atoms with Gasteiger partial charge in [-0.3, -0.25) is 5.10 Å². The van der Waals surface area contributed by atoms with E-state index in [1.807, 2.05) is 30.4 Å². The molecule has 1 aromatic heterocycles. The van der Waals surface area contributed by atoms with Gasteiger partial charge in [0.05, 0.1) is 0 Å². The van der Waals surface area contributed by atoms with Crippen molar-refractivity contribution in [3.05, 3.63) is 84.2 Å². The predicted molar refractivity (Wildman–Crippen MR) is 83.2 cm³/mol. The number of H-pyrrole nitrogens is 1. The molecular formula is C17H19N3O. The Balaban J connectivity index is 0.000000272. The van der Waals surface area contributed by atoms with Crippen molar-refractivity contribution in [2.75, 3.05) is 0 Å². The van der Waals surface area contributed by atoms with Gasteiger partial charge in [-0.1, -0.05) is 48.1 Å². The summed E-state index contributed by atoms with van der Waals surface area (Å²) in [4.78, 5) is 3.56. The Morgan fingerprint density at radius 1 is 1.19 bits per heavy atom. The lowest BCUT2D eigenvalue weighted by atomic mass is 10.2. The summed E-state index contributed by atoms with van der Waals surface area (Å²) in [6, 6.07) is 10.2.